The van der Waals surface area contributed by atoms with Crippen molar-refractivity contribution < 1.29 is 10.2 Å². The van der Waals surface area contributed by atoms with Crippen LogP contribution in [0.2, 0.25) is 0 Å². The standard InChI is InChI=1S/C40H56O2/c1-29(17-13-19-31(3)21-23-37-33(5)25-35(41)27-39(37,7)8)15-11-12-16-30(2)18-14-20-32(4)22-24-38-34(6)26-36(42)28-40(38,9)10/h11-25,35-37,41-42H,26-28H2,1-10H3/b12-11-,17-13+,18-14+,23-21+,24-22+,29-15+,30-16+,31-19+,32-20+/t35-,36-,37+/m1/s1. The van der Waals surface area contributed by atoms with E-state index in [1.54, 1.807) is 0 Å². The van der Waals surface area contributed by atoms with Gasteiger partial charge in [0.15, 0.2) is 0 Å². The summed E-state index contributed by atoms with van der Waals surface area (Å²) in [6.45, 7) is 21.6. The summed E-state index contributed by atoms with van der Waals surface area (Å²) < 4.78 is 0. The highest BCUT2D eigenvalue weighted by Crippen LogP contribution is 2.42. The molecule has 0 unspecified atom stereocenters. The number of allylic oxidation sites excluding steroid dienone is 20. The van der Waals surface area contributed by atoms with Crippen molar-refractivity contribution in [2.24, 2.45) is 16.7 Å². The van der Waals surface area contributed by atoms with E-state index in [1.807, 2.05) is 6.08 Å². The van der Waals surface area contributed by atoms with Crippen molar-refractivity contribution in [2.75, 3.05) is 0 Å². The zero-order valence-electron chi connectivity index (χ0n) is 27.9. The van der Waals surface area contributed by atoms with Gasteiger partial charge in [0.2, 0.25) is 0 Å². The highest BCUT2D eigenvalue weighted by atomic mass is 16.3. The third-order valence-electron chi connectivity index (χ3n) is 8.33. The third kappa shape index (κ3) is 11.7. The molecule has 228 valence electrons. The molecule has 0 aromatic carbocycles. The van der Waals surface area contributed by atoms with Crippen molar-refractivity contribution in [1.29, 1.82) is 0 Å². The summed E-state index contributed by atoms with van der Waals surface area (Å²) in [4.78, 5) is 0. The van der Waals surface area contributed by atoms with Crippen LogP contribution < -0.4 is 0 Å². The fourth-order valence-corrected chi connectivity index (χ4v) is 6.14. The van der Waals surface area contributed by atoms with E-state index in [2.05, 4.69) is 154 Å². The van der Waals surface area contributed by atoms with Crippen molar-refractivity contribution >= 4 is 0 Å². The van der Waals surface area contributed by atoms with E-state index in [0.29, 0.717) is 5.92 Å². The van der Waals surface area contributed by atoms with Crippen molar-refractivity contribution in [1.82, 2.24) is 0 Å². The molecule has 0 bridgehead atoms. The Morgan fingerprint density at radius 3 is 1.74 bits per heavy atom. The number of hydrogen-bond donors (Lipinski definition) is 2. The van der Waals surface area contributed by atoms with Gasteiger partial charge in [-0.2, -0.15) is 0 Å². The number of aliphatic hydroxyl groups excluding tert-OH is 2. The van der Waals surface area contributed by atoms with Gasteiger partial charge in [0.05, 0.1) is 12.2 Å². The number of rotatable bonds is 10. The van der Waals surface area contributed by atoms with Gasteiger partial charge in [-0.25, -0.2) is 0 Å². The van der Waals surface area contributed by atoms with Crippen LogP contribution in [0, 0.1) is 16.7 Å². The van der Waals surface area contributed by atoms with Crippen LogP contribution in [0.1, 0.15) is 88.5 Å². The summed E-state index contributed by atoms with van der Waals surface area (Å²) >= 11 is 0. The molecule has 0 saturated carbocycles. The first-order chi connectivity index (χ1) is 19.6. The zero-order chi connectivity index (χ0) is 31.5. The van der Waals surface area contributed by atoms with E-state index in [1.165, 1.54) is 39.0 Å². The van der Waals surface area contributed by atoms with Gasteiger partial charge in [0, 0.05) is 5.92 Å². The molecular formula is C40H56O2. The van der Waals surface area contributed by atoms with Crippen molar-refractivity contribution in [2.45, 2.75) is 101 Å². The summed E-state index contributed by atoms with van der Waals surface area (Å²) in [5.74, 6) is 0.348. The fraction of sp³-hybridized carbons (Fsp3) is 0.450. The average molecular weight is 569 g/mol. The van der Waals surface area contributed by atoms with Crippen LogP contribution in [0.25, 0.3) is 0 Å². The van der Waals surface area contributed by atoms with Crippen molar-refractivity contribution in [3.8, 4) is 0 Å². The Bertz CT molecular complexity index is 1270. The molecule has 2 nitrogen and oxygen atoms in total. The van der Waals surface area contributed by atoms with Gasteiger partial charge in [-0.3, -0.25) is 0 Å². The van der Waals surface area contributed by atoms with Gasteiger partial charge in [-0.15, -0.1) is 0 Å². The number of aliphatic hydroxyl groups is 2. The van der Waals surface area contributed by atoms with Crippen LogP contribution >= 0.6 is 0 Å². The summed E-state index contributed by atoms with van der Waals surface area (Å²) in [5, 5.41) is 20.2. The molecule has 2 N–H and O–H groups in total. The van der Waals surface area contributed by atoms with Gasteiger partial charge >= 0.3 is 0 Å². The van der Waals surface area contributed by atoms with E-state index in [9.17, 15) is 10.2 Å². The van der Waals surface area contributed by atoms with E-state index < -0.39 is 0 Å². The molecule has 0 aromatic heterocycles. The third-order valence-corrected chi connectivity index (χ3v) is 8.33. The molecule has 3 atom stereocenters. The first-order valence-corrected chi connectivity index (χ1v) is 15.4. The topological polar surface area (TPSA) is 40.5 Å². The van der Waals surface area contributed by atoms with Gasteiger partial charge in [-0.1, -0.05) is 152 Å². The average Bonchev–Trinajstić information content (AvgIpc) is 2.84. The zero-order valence-corrected chi connectivity index (χ0v) is 27.9. The van der Waals surface area contributed by atoms with E-state index in [-0.39, 0.29) is 23.0 Å². The maximum absolute atomic E-state index is 10.1. The minimum atomic E-state index is -0.331. The van der Waals surface area contributed by atoms with Gasteiger partial charge < -0.3 is 10.2 Å². The summed E-state index contributed by atoms with van der Waals surface area (Å²) in [7, 11) is 0. The quantitative estimate of drug-likeness (QED) is 0.203. The molecule has 2 rings (SSSR count). The maximum atomic E-state index is 10.1. The molecule has 0 radical (unpaired) electrons. The predicted molar refractivity (Wildman–Crippen MR) is 184 cm³/mol. The first-order valence-electron chi connectivity index (χ1n) is 15.4. The van der Waals surface area contributed by atoms with Crippen LogP contribution in [0.3, 0.4) is 0 Å². The van der Waals surface area contributed by atoms with E-state index >= 15 is 0 Å². The second-order valence-corrected chi connectivity index (χ2v) is 13.7. The molecule has 0 aliphatic heterocycles. The molecule has 42 heavy (non-hydrogen) atoms. The molecule has 0 aromatic rings. The minimum absolute atomic E-state index is 0.00528. The van der Waals surface area contributed by atoms with Crippen LogP contribution in [0.15, 0.2) is 130 Å². The maximum Gasteiger partial charge on any atom is 0.0729 e. The van der Waals surface area contributed by atoms with Crippen LogP contribution in [0.4, 0.5) is 0 Å². The summed E-state index contributed by atoms with van der Waals surface area (Å²) in [6.07, 6.45) is 33.8. The van der Waals surface area contributed by atoms with Crippen molar-refractivity contribution in [3.05, 3.63) is 130 Å². The lowest BCUT2D eigenvalue weighted by atomic mass is 9.67. The van der Waals surface area contributed by atoms with Crippen LogP contribution in [-0.4, -0.2) is 22.4 Å². The Morgan fingerprint density at radius 2 is 1.21 bits per heavy atom. The summed E-state index contributed by atoms with van der Waals surface area (Å²) in [5.41, 5.74) is 8.73. The highest BCUT2D eigenvalue weighted by molar-refractivity contribution is 5.38. The SMILES string of the molecule is CC1=C[C@@H](O)CC(C)(C)[C@H]1/C=C/C(C)=C/C=C/C(C)=C/C=C\C=C(C)\C=C\C=C(C)\C=C\C1=C(C)C[C@@H](O)CC1(C)C. The van der Waals surface area contributed by atoms with Crippen LogP contribution in [-0.2, 0) is 0 Å². The first kappa shape index (κ1) is 35.3. The molecule has 0 fully saturated rings. The molecule has 0 saturated heterocycles. The second-order valence-electron chi connectivity index (χ2n) is 13.7. The lowest BCUT2D eigenvalue weighted by molar-refractivity contribution is 0.116. The predicted octanol–water partition coefficient (Wildman–Crippen LogP) is 10.4. The lowest BCUT2D eigenvalue weighted by Crippen LogP contribution is -2.32. The molecule has 2 aliphatic carbocycles. The van der Waals surface area contributed by atoms with E-state index in [0.717, 1.165) is 19.3 Å². The second kappa shape index (κ2) is 16.1. The Morgan fingerprint density at radius 1 is 0.714 bits per heavy atom. The van der Waals surface area contributed by atoms with Crippen molar-refractivity contribution in [3.63, 3.8) is 0 Å². The molecular weight excluding hydrogens is 512 g/mol. The monoisotopic (exact) mass is 568 g/mol. The Hall–Kier alpha value is -2.94. The van der Waals surface area contributed by atoms with Gasteiger partial charge in [0.1, 0.15) is 0 Å². The summed E-state index contributed by atoms with van der Waals surface area (Å²) in [6, 6.07) is 0. The van der Waals surface area contributed by atoms with Crippen LogP contribution in [0.5, 0.6) is 0 Å². The Balaban J connectivity index is 1.90. The fourth-order valence-electron chi connectivity index (χ4n) is 6.14. The Kier molecular flexibility index (Phi) is 13.5. The van der Waals surface area contributed by atoms with Gasteiger partial charge in [-0.05, 0) is 77.2 Å². The molecule has 2 aliphatic rings. The largest absolute Gasteiger partial charge is 0.393 e. The Labute approximate surface area is 257 Å². The minimum Gasteiger partial charge on any atom is -0.393 e. The molecule has 0 amide bonds. The highest BCUT2D eigenvalue weighted by Gasteiger charge is 2.34. The lowest BCUT2D eigenvalue weighted by Gasteiger charge is -2.38. The number of hydrogen-bond acceptors (Lipinski definition) is 2. The molecule has 0 spiro atoms. The van der Waals surface area contributed by atoms with E-state index in [4.69, 9.17) is 0 Å². The molecule has 2 heteroatoms. The van der Waals surface area contributed by atoms with Gasteiger partial charge in [0.25, 0.3) is 0 Å². The normalized spacial score (nSPS) is 26.6. The molecule has 0 heterocycles. The smallest absolute Gasteiger partial charge is 0.0729 e.